The second-order valence-corrected chi connectivity index (χ2v) is 3.21. The van der Waals surface area contributed by atoms with Crippen molar-refractivity contribution in [1.29, 1.82) is 0 Å². The largest absolute Gasteiger partial charge is 0.496 e. The van der Waals surface area contributed by atoms with Crippen LogP contribution in [0.2, 0.25) is 0 Å². The Morgan fingerprint density at radius 3 is 2.76 bits per heavy atom. The van der Waals surface area contributed by atoms with Crippen molar-refractivity contribution >= 4 is 12.0 Å². The van der Waals surface area contributed by atoms with Crippen LogP contribution in [0, 0.1) is 0 Å². The van der Waals surface area contributed by atoms with E-state index in [1.54, 1.807) is 26.2 Å². The molecule has 0 N–H and O–H groups in total. The molecule has 0 amide bonds. The van der Waals surface area contributed by atoms with Crippen molar-refractivity contribution < 1.29 is 14.3 Å². The van der Waals surface area contributed by atoms with Crippen LogP contribution in [0.3, 0.4) is 0 Å². The zero-order valence-electron chi connectivity index (χ0n) is 10.1. The number of esters is 1. The van der Waals surface area contributed by atoms with Crippen molar-refractivity contribution in [3.05, 3.63) is 48.1 Å². The third kappa shape index (κ3) is 4.55. The number of carbonyl (C=O) groups excluding carboxylic acids is 1. The lowest BCUT2D eigenvalue weighted by atomic mass is 10.2. The predicted octanol–water partition coefficient (Wildman–Crippen LogP) is 2.83. The van der Waals surface area contributed by atoms with E-state index in [4.69, 9.17) is 9.47 Å². The van der Waals surface area contributed by atoms with Gasteiger partial charge in [-0.25, -0.2) is 4.79 Å². The van der Waals surface area contributed by atoms with Gasteiger partial charge in [0.15, 0.2) is 0 Å². The minimum Gasteiger partial charge on any atom is -0.496 e. The molecule has 0 unspecified atom stereocenters. The van der Waals surface area contributed by atoms with Gasteiger partial charge in [0, 0.05) is 11.6 Å². The maximum absolute atomic E-state index is 11.0. The van der Waals surface area contributed by atoms with Crippen molar-refractivity contribution in [2.24, 2.45) is 0 Å². The van der Waals surface area contributed by atoms with E-state index in [1.807, 2.05) is 30.3 Å². The van der Waals surface area contributed by atoms with E-state index in [-0.39, 0.29) is 5.97 Å². The first-order chi connectivity index (χ1) is 8.27. The molecule has 0 saturated carbocycles. The van der Waals surface area contributed by atoms with Gasteiger partial charge < -0.3 is 9.47 Å². The molecule has 3 nitrogen and oxygen atoms in total. The zero-order chi connectivity index (χ0) is 12.5. The molecule has 0 heterocycles. The number of benzene rings is 1. The fourth-order valence-electron chi connectivity index (χ4n) is 1.29. The molecule has 0 spiro atoms. The highest BCUT2D eigenvalue weighted by Crippen LogP contribution is 2.18. The van der Waals surface area contributed by atoms with Crippen molar-refractivity contribution in [3.63, 3.8) is 0 Å². The minimum absolute atomic E-state index is 0.336. The summed E-state index contributed by atoms with van der Waals surface area (Å²) in [4.78, 5) is 11.0. The van der Waals surface area contributed by atoms with E-state index in [2.05, 4.69) is 0 Å². The van der Waals surface area contributed by atoms with Crippen LogP contribution in [0.1, 0.15) is 12.5 Å². The molecule has 0 bridgehead atoms. The Morgan fingerprint density at radius 1 is 1.29 bits per heavy atom. The number of hydrogen-bond donors (Lipinski definition) is 0. The van der Waals surface area contributed by atoms with E-state index >= 15 is 0 Å². The second-order valence-electron chi connectivity index (χ2n) is 3.21. The summed E-state index contributed by atoms with van der Waals surface area (Å²) in [5.41, 5.74) is 0.962. The maximum atomic E-state index is 11.0. The summed E-state index contributed by atoms with van der Waals surface area (Å²) in [5.74, 6) is 0.463. The average molecular weight is 232 g/mol. The molecule has 0 aromatic heterocycles. The Labute approximate surface area is 101 Å². The van der Waals surface area contributed by atoms with Gasteiger partial charge >= 0.3 is 5.97 Å². The van der Waals surface area contributed by atoms with Gasteiger partial charge in [-0.05, 0) is 13.0 Å². The molecule has 1 aromatic rings. The third-order valence-electron chi connectivity index (χ3n) is 2.04. The number of rotatable bonds is 5. The van der Waals surface area contributed by atoms with Gasteiger partial charge in [0.1, 0.15) is 5.75 Å². The monoisotopic (exact) mass is 232 g/mol. The van der Waals surface area contributed by atoms with Crippen LogP contribution in [0.15, 0.2) is 42.5 Å². The number of allylic oxidation sites excluding steroid dienone is 2. The molecule has 1 rings (SSSR count). The Hall–Kier alpha value is -2.03. The normalized spacial score (nSPS) is 10.9. The van der Waals surface area contributed by atoms with Crippen molar-refractivity contribution in [1.82, 2.24) is 0 Å². The van der Waals surface area contributed by atoms with Gasteiger partial charge in [-0.2, -0.15) is 0 Å². The van der Waals surface area contributed by atoms with Gasteiger partial charge in [-0.15, -0.1) is 0 Å². The fourth-order valence-corrected chi connectivity index (χ4v) is 1.29. The SMILES string of the molecule is CCOC(=O)/C=C/C=C/c1ccccc1OC. The number of carbonyl (C=O) groups is 1. The molecule has 0 saturated heterocycles. The predicted molar refractivity (Wildman–Crippen MR) is 67.8 cm³/mol. The van der Waals surface area contributed by atoms with Crippen LogP contribution in [0.5, 0.6) is 5.75 Å². The van der Waals surface area contributed by atoms with Crippen LogP contribution in [0.25, 0.3) is 6.08 Å². The Kier molecular flexibility index (Phi) is 5.58. The van der Waals surface area contributed by atoms with Gasteiger partial charge in [-0.1, -0.05) is 36.4 Å². The highest BCUT2D eigenvalue weighted by atomic mass is 16.5. The number of methoxy groups -OCH3 is 1. The van der Waals surface area contributed by atoms with E-state index in [0.29, 0.717) is 6.61 Å². The Morgan fingerprint density at radius 2 is 2.06 bits per heavy atom. The summed E-state index contributed by atoms with van der Waals surface area (Å²) in [6.07, 6.45) is 6.67. The standard InChI is InChI=1S/C14H16O3/c1-3-17-14(15)11-7-5-9-12-8-4-6-10-13(12)16-2/h4-11H,3H2,1-2H3/b9-5+,11-7+. The number of hydrogen-bond acceptors (Lipinski definition) is 3. The summed E-state index contributed by atoms with van der Waals surface area (Å²) < 4.78 is 9.95. The van der Waals surface area contributed by atoms with Crippen molar-refractivity contribution in [3.8, 4) is 5.75 Å². The van der Waals surface area contributed by atoms with E-state index in [0.717, 1.165) is 11.3 Å². The molecule has 0 aliphatic rings. The lowest BCUT2D eigenvalue weighted by molar-refractivity contribution is -0.137. The molecule has 0 aliphatic carbocycles. The molecule has 90 valence electrons. The molecule has 0 radical (unpaired) electrons. The molecule has 1 aromatic carbocycles. The van der Waals surface area contributed by atoms with E-state index in [1.165, 1.54) is 6.08 Å². The fraction of sp³-hybridized carbons (Fsp3) is 0.214. The van der Waals surface area contributed by atoms with Crippen LogP contribution in [-0.4, -0.2) is 19.7 Å². The van der Waals surface area contributed by atoms with Crippen LogP contribution < -0.4 is 4.74 Å². The molecular formula is C14H16O3. The lowest BCUT2D eigenvalue weighted by Crippen LogP contribution is -1.98. The van der Waals surface area contributed by atoms with Gasteiger partial charge in [0.25, 0.3) is 0 Å². The first kappa shape index (κ1) is 13.0. The van der Waals surface area contributed by atoms with Crippen LogP contribution in [0.4, 0.5) is 0 Å². The van der Waals surface area contributed by atoms with Gasteiger partial charge in [0.05, 0.1) is 13.7 Å². The molecule has 0 aliphatic heterocycles. The van der Waals surface area contributed by atoms with Gasteiger partial charge in [-0.3, -0.25) is 0 Å². The topological polar surface area (TPSA) is 35.5 Å². The Balaban J connectivity index is 2.62. The number of para-hydroxylation sites is 1. The lowest BCUT2D eigenvalue weighted by Gasteiger charge is -2.02. The number of ether oxygens (including phenoxy) is 2. The van der Waals surface area contributed by atoms with Crippen molar-refractivity contribution in [2.45, 2.75) is 6.92 Å². The van der Waals surface area contributed by atoms with Gasteiger partial charge in [0.2, 0.25) is 0 Å². The summed E-state index contributed by atoms with van der Waals surface area (Å²) in [5, 5.41) is 0. The van der Waals surface area contributed by atoms with Crippen LogP contribution in [-0.2, 0) is 9.53 Å². The second kappa shape index (κ2) is 7.28. The molecular weight excluding hydrogens is 216 g/mol. The quantitative estimate of drug-likeness (QED) is 0.445. The Bertz CT molecular complexity index is 419. The summed E-state index contributed by atoms with van der Waals surface area (Å²) in [6.45, 7) is 2.16. The first-order valence-corrected chi connectivity index (χ1v) is 5.42. The minimum atomic E-state index is -0.336. The van der Waals surface area contributed by atoms with Crippen LogP contribution >= 0.6 is 0 Å². The molecule has 17 heavy (non-hydrogen) atoms. The zero-order valence-corrected chi connectivity index (χ0v) is 10.1. The molecule has 0 atom stereocenters. The average Bonchev–Trinajstić information content (AvgIpc) is 2.35. The molecule has 0 fully saturated rings. The van der Waals surface area contributed by atoms with E-state index < -0.39 is 0 Å². The third-order valence-corrected chi connectivity index (χ3v) is 2.04. The maximum Gasteiger partial charge on any atom is 0.330 e. The highest BCUT2D eigenvalue weighted by Gasteiger charge is 1.95. The summed E-state index contributed by atoms with van der Waals surface area (Å²) >= 11 is 0. The summed E-state index contributed by atoms with van der Waals surface area (Å²) in [7, 11) is 1.63. The highest BCUT2D eigenvalue weighted by molar-refractivity contribution is 5.82. The van der Waals surface area contributed by atoms with Crippen molar-refractivity contribution in [2.75, 3.05) is 13.7 Å². The molecule has 3 heteroatoms. The summed E-state index contributed by atoms with van der Waals surface area (Å²) in [6, 6.07) is 7.66. The smallest absolute Gasteiger partial charge is 0.330 e. The van der Waals surface area contributed by atoms with E-state index in [9.17, 15) is 4.79 Å². The first-order valence-electron chi connectivity index (χ1n) is 5.42.